The zero-order valence-corrected chi connectivity index (χ0v) is 10.1. The average Bonchev–Trinajstić information content (AvgIpc) is 2.34. The number of hydrogen-bond donors (Lipinski definition) is 0. The maximum Gasteiger partial charge on any atom is 0.166 e. The predicted molar refractivity (Wildman–Crippen MR) is 57.6 cm³/mol. The molecule has 0 saturated carbocycles. The number of nitrogens with zero attached hydrogens (tertiary/aromatic N) is 1. The topological polar surface area (TPSA) is 3.24 Å². The third-order valence-electron chi connectivity index (χ3n) is 2.85. The minimum atomic E-state index is -1.31. The lowest BCUT2D eigenvalue weighted by molar-refractivity contribution is 0.280. The fourth-order valence-electron chi connectivity index (χ4n) is 1.60. The Morgan fingerprint density at radius 2 is 1.24 bits per heavy atom. The summed E-state index contributed by atoms with van der Waals surface area (Å²) in [5.41, 5.74) is -1.17. The van der Waals surface area contributed by atoms with Gasteiger partial charge in [-0.15, -0.1) is 0 Å². The lowest BCUT2D eigenvalue weighted by Gasteiger charge is -2.19. The molecule has 0 fully saturated rings. The molecule has 0 amide bonds. The van der Waals surface area contributed by atoms with Crippen LogP contribution in [0.2, 0.25) is 0 Å². The van der Waals surface area contributed by atoms with E-state index >= 15 is 0 Å². The number of rotatable bonds is 4. The van der Waals surface area contributed by atoms with Crippen molar-refractivity contribution in [3.8, 4) is 0 Å². The van der Waals surface area contributed by atoms with Gasteiger partial charge in [-0.3, -0.25) is 4.90 Å². The highest BCUT2D eigenvalue weighted by Crippen LogP contribution is 2.24. The van der Waals surface area contributed by atoms with E-state index in [-0.39, 0.29) is 6.54 Å². The van der Waals surface area contributed by atoms with E-state index in [9.17, 15) is 17.6 Å². The van der Waals surface area contributed by atoms with Crippen LogP contribution in [-0.2, 0) is 6.54 Å². The lowest BCUT2D eigenvalue weighted by Crippen LogP contribution is -2.24. The van der Waals surface area contributed by atoms with Crippen LogP contribution >= 0.6 is 0 Å². The Morgan fingerprint density at radius 3 is 1.59 bits per heavy atom. The first-order valence-electron chi connectivity index (χ1n) is 5.47. The fourth-order valence-corrected chi connectivity index (χ4v) is 1.60. The smallest absolute Gasteiger partial charge is 0.166 e. The van der Waals surface area contributed by atoms with Gasteiger partial charge in [-0.05, 0) is 20.0 Å². The number of halogens is 4. The summed E-state index contributed by atoms with van der Waals surface area (Å²) in [6.07, 6.45) is 0. The molecule has 0 spiro atoms. The Labute approximate surface area is 98.0 Å². The van der Waals surface area contributed by atoms with Crippen LogP contribution < -0.4 is 0 Å². The molecule has 0 N–H and O–H groups in total. The van der Waals surface area contributed by atoms with E-state index in [1.54, 1.807) is 18.7 Å². The molecule has 0 aromatic heterocycles. The summed E-state index contributed by atoms with van der Waals surface area (Å²) in [5.74, 6) is -5.22. The first-order valence-corrected chi connectivity index (χ1v) is 5.47. The van der Waals surface area contributed by atoms with Gasteiger partial charge in [0.1, 0.15) is 0 Å². The van der Waals surface area contributed by atoms with Gasteiger partial charge in [0.25, 0.3) is 0 Å². The van der Waals surface area contributed by atoms with Gasteiger partial charge < -0.3 is 0 Å². The zero-order chi connectivity index (χ0) is 13.2. The summed E-state index contributed by atoms with van der Waals surface area (Å²) in [6.45, 7) is 5.58. The van der Waals surface area contributed by atoms with E-state index in [4.69, 9.17) is 0 Å². The van der Waals surface area contributed by atoms with E-state index < -0.39 is 34.4 Å². The molecule has 96 valence electrons. The molecule has 0 aliphatic heterocycles. The van der Waals surface area contributed by atoms with Gasteiger partial charge in [-0.1, -0.05) is 13.8 Å². The molecule has 1 nitrogen and oxygen atoms in total. The van der Waals surface area contributed by atoms with Crippen molar-refractivity contribution in [3.05, 3.63) is 34.4 Å². The van der Waals surface area contributed by atoms with Gasteiger partial charge in [0.15, 0.2) is 23.3 Å². The van der Waals surface area contributed by atoms with Crippen LogP contribution in [0.1, 0.15) is 25.0 Å². The van der Waals surface area contributed by atoms with Gasteiger partial charge in [-0.25, -0.2) is 17.6 Å². The standard InChI is InChI=1S/C12H15F4N/c1-4-17(5-2)6-8-11(15)9(13)7(3)10(14)12(8)16/h4-6H2,1-3H3. The molecule has 0 unspecified atom stereocenters. The Balaban J connectivity index is 3.24. The summed E-state index contributed by atoms with van der Waals surface area (Å²) in [7, 11) is 0. The van der Waals surface area contributed by atoms with Crippen LogP contribution in [0.15, 0.2) is 0 Å². The Hall–Kier alpha value is -1.10. The highest BCUT2D eigenvalue weighted by molar-refractivity contribution is 5.29. The quantitative estimate of drug-likeness (QED) is 0.584. The van der Waals surface area contributed by atoms with Crippen molar-refractivity contribution < 1.29 is 17.6 Å². The zero-order valence-electron chi connectivity index (χ0n) is 10.1. The molecule has 1 aromatic carbocycles. The van der Waals surface area contributed by atoms with Crippen molar-refractivity contribution in [2.45, 2.75) is 27.3 Å². The molecule has 0 saturated heterocycles. The third kappa shape index (κ3) is 2.60. The van der Waals surface area contributed by atoms with Crippen molar-refractivity contribution >= 4 is 0 Å². The van der Waals surface area contributed by atoms with Gasteiger partial charge in [0.05, 0.1) is 0 Å². The maximum absolute atomic E-state index is 13.5. The first-order chi connectivity index (χ1) is 7.93. The van der Waals surface area contributed by atoms with Gasteiger partial charge in [0, 0.05) is 17.7 Å². The fraction of sp³-hybridized carbons (Fsp3) is 0.500. The van der Waals surface area contributed by atoms with Crippen molar-refractivity contribution in [1.29, 1.82) is 0 Å². The molecule has 0 aliphatic carbocycles. The molecule has 0 radical (unpaired) electrons. The molecule has 17 heavy (non-hydrogen) atoms. The molecular weight excluding hydrogens is 234 g/mol. The van der Waals surface area contributed by atoms with E-state index in [0.717, 1.165) is 6.92 Å². The SMILES string of the molecule is CCN(CC)Cc1c(F)c(F)c(C)c(F)c1F. The number of benzene rings is 1. The van der Waals surface area contributed by atoms with E-state index in [1.807, 2.05) is 0 Å². The second-order valence-corrected chi connectivity index (χ2v) is 3.82. The molecule has 0 aliphatic rings. The van der Waals surface area contributed by atoms with Crippen molar-refractivity contribution in [2.75, 3.05) is 13.1 Å². The minimum Gasteiger partial charge on any atom is -0.299 e. The van der Waals surface area contributed by atoms with Crippen molar-refractivity contribution in [2.24, 2.45) is 0 Å². The second kappa shape index (κ2) is 5.49. The molecule has 1 rings (SSSR count). The summed E-state index contributed by atoms with van der Waals surface area (Å²) in [4.78, 5) is 1.68. The lowest BCUT2D eigenvalue weighted by atomic mass is 10.1. The van der Waals surface area contributed by atoms with Crippen LogP contribution in [0.3, 0.4) is 0 Å². The summed E-state index contributed by atoms with van der Waals surface area (Å²) in [6, 6.07) is 0. The van der Waals surface area contributed by atoms with E-state index in [0.29, 0.717) is 13.1 Å². The van der Waals surface area contributed by atoms with Crippen LogP contribution in [-0.4, -0.2) is 18.0 Å². The van der Waals surface area contributed by atoms with Crippen molar-refractivity contribution in [3.63, 3.8) is 0 Å². The van der Waals surface area contributed by atoms with Crippen LogP contribution in [0.5, 0.6) is 0 Å². The maximum atomic E-state index is 13.5. The van der Waals surface area contributed by atoms with Crippen LogP contribution in [0.4, 0.5) is 17.6 Å². The van der Waals surface area contributed by atoms with Gasteiger partial charge >= 0.3 is 0 Å². The molecule has 5 heteroatoms. The molecular formula is C12H15F4N. The van der Waals surface area contributed by atoms with Crippen LogP contribution in [0, 0.1) is 30.2 Å². The Kier molecular flexibility index (Phi) is 4.51. The summed E-state index contributed by atoms with van der Waals surface area (Å²) < 4.78 is 53.6. The second-order valence-electron chi connectivity index (χ2n) is 3.82. The largest absolute Gasteiger partial charge is 0.299 e. The summed E-state index contributed by atoms with van der Waals surface area (Å²) in [5, 5.41) is 0. The molecule has 1 aromatic rings. The predicted octanol–water partition coefficient (Wildman–Crippen LogP) is 3.39. The Morgan fingerprint density at radius 1 is 0.824 bits per heavy atom. The van der Waals surface area contributed by atoms with E-state index in [2.05, 4.69) is 0 Å². The van der Waals surface area contributed by atoms with Gasteiger partial charge in [0.2, 0.25) is 0 Å². The number of hydrogen-bond acceptors (Lipinski definition) is 1. The molecule has 0 heterocycles. The minimum absolute atomic E-state index is 0.140. The highest BCUT2D eigenvalue weighted by Gasteiger charge is 2.23. The van der Waals surface area contributed by atoms with Crippen molar-refractivity contribution in [1.82, 2.24) is 4.90 Å². The van der Waals surface area contributed by atoms with Crippen LogP contribution in [0.25, 0.3) is 0 Å². The molecule has 0 atom stereocenters. The highest BCUT2D eigenvalue weighted by atomic mass is 19.2. The average molecular weight is 249 g/mol. The van der Waals surface area contributed by atoms with Gasteiger partial charge in [-0.2, -0.15) is 0 Å². The first kappa shape index (κ1) is 14.0. The molecule has 0 bridgehead atoms. The van der Waals surface area contributed by atoms with E-state index in [1.165, 1.54) is 0 Å². The summed E-state index contributed by atoms with van der Waals surface area (Å²) >= 11 is 0. The normalized spacial score (nSPS) is 11.3. The monoisotopic (exact) mass is 249 g/mol. The Bertz CT molecular complexity index is 384. The third-order valence-corrected chi connectivity index (χ3v) is 2.85.